The van der Waals surface area contributed by atoms with Crippen molar-refractivity contribution in [1.82, 2.24) is 5.32 Å². The Kier molecular flexibility index (Phi) is 5.74. The number of carboxylic acids is 1. The zero-order valence-corrected chi connectivity index (χ0v) is 14.0. The van der Waals surface area contributed by atoms with Crippen molar-refractivity contribution < 1.29 is 14.7 Å². The normalized spacial score (nSPS) is 11.3. The van der Waals surface area contributed by atoms with E-state index in [4.69, 9.17) is 5.11 Å². The molecule has 2 rings (SSSR count). The van der Waals surface area contributed by atoms with Gasteiger partial charge in [-0.15, -0.1) is 0 Å². The first-order chi connectivity index (χ1) is 11.4. The predicted octanol–water partition coefficient (Wildman–Crippen LogP) is 3.44. The molecule has 0 aliphatic heterocycles. The third-order valence-corrected chi connectivity index (χ3v) is 4.10. The van der Waals surface area contributed by atoms with Gasteiger partial charge in [-0.2, -0.15) is 0 Å². The van der Waals surface area contributed by atoms with Gasteiger partial charge in [0.15, 0.2) is 0 Å². The monoisotopic (exact) mass is 325 g/mol. The Morgan fingerprint density at radius 3 is 1.83 bits per heavy atom. The fraction of sp³-hybridized carbons (Fsp3) is 0.300. The van der Waals surface area contributed by atoms with Crippen LogP contribution in [0, 0.1) is 5.41 Å². The number of carboxylic acid groups (broad SMARTS) is 1. The maximum atomic E-state index is 12.4. The molecule has 126 valence electrons. The number of nitrogens with one attached hydrogen (secondary N) is 1. The summed E-state index contributed by atoms with van der Waals surface area (Å²) in [6.07, 6.45) is 0.281. The fourth-order valence-corrected chi connectivity index (χ4v) is 2.45. The van der Waals surface area contributed by atoms with E-state index in [1.165, 1.54) is 0 Å². The third-order valence-electron chi connectivity index (χ3n) is 4.10. The van der Waals surface area contributed by atoms with Crippen LogP contribution >= 0.6 is 0 Å². The molecule has 4 nitrogen and oxygen atoms in total. The van der Waals surface area contributed by atoms with Crippen molar-refractivity contribution in [3.05, 3.63) is 71.8 Å². The highest BCUT2D eigenvalue weighted by molar-refractivity contribution is 5.79. The maximum absolute atomic E-state index is 12.4. The van der Waals surface area contributed by atoms with Gasteiger partial charge in [0.25, 0.3) is 0 Å². The second-order valence-electron chi connectivity index (χ2n) is 6.54. The Morgan fingerprint density at radius 1 is 0.958 bits per heavy atom. The summed E-state index contributed by atoms with van der Waals surface area (Å²) in [5.74, 6) is -1.13. The van der Waals surface area contributed by atoms with Gasteiger partial charge < -0.3 is 10.4 Å². The number of carbonyl (C=O) groups excluding carboxylic acids is 1. The van der Waals surface area contributed by atoms with Gasteiger partial charge in [0.05, 0.1) is 5.41 Å². The minimum atomic E-state index is -0.981. The summed E-state index contributed by atoms with van der Waals surface area (Å²) >= 11 is 0. The summed E-state index contributed by atoms with van der Waals surface area (Å²) in [7, 11) is 0. The highest BCUT2D eigenvalue weighted by atomic mass is 16.4. The lowest BCUT2D eigenvalue weighted by Gasteiger charge is -2.22. The Bertz CT molecular complexity index is 641. The molecule has 0 aliphatic rings. The van der Waals surface area contributed by atoms with Gasteiger partial charge in [0.2, 0.25) is 5.91 Å². The molecule has 0 heterocycles. The topological polar surface area (TPSA) is 66.4 Å². The van der Waals surface area contributed by atoms with Crippen LogP contribution in [0.1, 0.15) is 37.3 Å². The van der Waals surface area contributed by atoms with Gasteiger partial charge in [0, 0.05) is 18.9 Å². The molecule has 2 aromatic carbocycles. The summed E-state index contributed by atoms with van der Waals surface area (Å²) in [4.78, 5) is 23.5. The summed E-state index contributed by atoms with van der Waals surface area (Å²) < 4.78 is 0. The largest absolute Gasteiger partial charge is 0.481 e. The molecule has 0 spiro atoms. The van der Waals surface area contributed by atoms with Gasteiger partial charge >= 0.3 is 5.97 Å². The van der Waals surface area contributed by atoms with Crippen LogP contribution in [0.3, 0.4) is 0 Å². The molecule has 0 bridgehead atoms. The molecule has 0 aliphatic carbocycles. The van der Waals surface area contributed by atoms with E-state index in [2.05, 4.69) is 5.32 Å². The van der Waals surface area contributed by atoms with E-state index in [1.54, 1.807) is 13.8 Å². The van der Waals surface area contributed by atoms with E-state index in [0.29, 0.717) is 0 Å². The number of aliphatic carboxylic acids is 1. The number of hydrogen-bond donors (Lipinski definition) is 2. The van der Waals surface area contributed by atoms with Gasteiger partial charge in [-0.05, 0) is 25.0 Å². The Labute approximate surface area is 142 Å². The van der Waals surface area contributed by atoms with E-state index in [0.717, 1.165) is 11.1 Å². The minimum absolute atomic E-state index is 0.0552. The van der Waals surface area contributed by atoms with E-state index < -0.39 is 11.4 Å². The van der Waals surface area contributed by atoms with Crippen LogP contribution in [-0.4, -0.2) is 23.5 Å². The van der Waals surface area contributed by atoms with Crippen molar-refractivity contribution in [2.24, 2.45) is 5.41 Å². The molecule has 24 heavy (non-hydrogen) atoms. The van der Waals surface area contributed by atoms with Crippen LogP contribution in [-0.2, 0) is 9.59 Å². The molecular weight excluding hydrogens is 302 g/mol. The van der Waals surface area contributed by atoms with Gasteiger partial charge in [0.1, 0.15) is 0 Å². The van der Waals surface area contributed by atoms with Crippen molar-refractivity contribution in [2.75, 3.05) is 6.54 Å². The quantitative estimate of drug-likeness (QED) is 0.819. The lowest BCUT2D eigenvalue weighted by molar-refractivity contribution is -0.146. The molecule has 0 aromatic heterocycles. The van der Waals surface area contributed by atoms with Crippen molar-refractivity contribution in [2.45, 2.75) is 26.2 Å². The number of rotatable bonds is 7. The standard InChI is InChI=1S/C20H23NO3/c1-20(2,19(23)24)14-21-18(22)13-17(15-9-5-3-6-10-15)16-11-7-4-8-12-16/h3-12,17H,13-14H2,1-2H3,(H,21,22)(H,23,24). The first kappa shape index (κ1) is 17.7. The van der Waals surface area contributed by atoms with Crippen LogP contribution in [0.5, 0.6) is 0 Å². The molecule has 0 radical (unpaired) electrons. The van der Waals surface area contributed by atoms with Crippen molar-refractivity contribution in [3.63, 3.8) is 0 Å². The Balaban J connectivity index is 2.12. The first-order valence-electron chi connectivity index (χ1n) is 8.00. The fourth-order valence-electron chi connectivity index (χ4n) is 2.45. The van der Waals surface area contributed by atoms with E-state index in [9.17, 15) is 9.59 Å². The number of amides is 1. The third kappa shape index (κ3) is 4.69. The first-order valence-corrected chi connectivity index (χ1v) is 8.00. The summed E-state index contributed by atoms with van der Waals surface area (Å²) in [5, 5.41) is 11.9. The van der Waals surface area contributed by atoms with Gasteiger partial charge in [-0.25, -0.2) is 0 Å². The van der Waals surface area contributed by atoms with E-state index >= 15 is 0 Å². The highest BCUT2D eigenvalue weighted by Crippen LogP contribution is 2.27. The van der Waals surface area contributed by atoms with E-state index in [1.807, 2.05) is 60.7 Å². The van der Waals surface area contributed by atoms with Crippen molar-refractivity contribution in [1.29, 1.82) is 0 Å². The Hall–Kier alpha value is -2.62. The summed E-state index contributed by atoms with van der Waals surface area (Å²) in [5.41, 5.74) is 1.15. The number of benzene rings is 2. The highest BCUT2D eigenvalue weighted by Gasteiger charge is 2.28. The molecule has 0 saturated carbocycles. The molecule has 0 fully saturated rings. The van der Waals surface area contributed by atoms with Gasteiger partial charge in [-0.3, -0.25) is 9.59 Å². The minimum Gasteiger partial charge on any atom is -0.481 e. The molecular formula is C20H23NO3. The lowest BCUT2D eigenvalue weighted by atomic mass is 9.88. The average Bonchev–Trinajstić information content (AvgIpc) is 2.59. The molecule has 0 unspecified atom stereocenters. The average molecular weight is 325 g/mol. The molecule has 2 N–H and O–H groups in total. The van der Waals surface area contributed by atoms with Crippen LogP contribution < -0.4 is 5.32 Å². The second-order valence-corrected chi connectivity index (χ2v) is 6.54. The van der Waals surface area contributed by atoms with Crippen molar-refractivity contribution in [3.8, 4) is 0 Å². The summed E-state index contributed by atoms with van der Waals surface area (Å²) in [6.45, 7) is 3.31. The van der Waals surface area contributed by atoms with Crippen LogP contribution in [0.4, 0.5) is 0 Å². The SMILES string of the molecule is CC(C)(CNC(=O)CC(c1ccccc1)c1ccccc1)C(=O)O. The smallest absolute Gasteiger partial charge is 0.310 e. The van der Waals surface area contributed by atoms with Crippen LogP contribution in [0.25, 0.3) is 0 Å². The van der Waals surface area contributed by atoms with Gasteiger partial charge in [-0.1, -0.05) is 60.7 Å². The molecule has 0 atom stereocenters. The second kappa shape index (κ2) is 7.77. The van der Waals surface area contributed by atoms with E-state index in [-0.39, 0.29) is 24.8 Å². The molecule has 1 amide bonds. The number of carbonyl (C=O) groups is 2. The Morgan fingerprint density at radius 2 is 1.42 bits per heavy atom. The van der Waals surface area contributed by atoms with Crippen molar-refractivity contribution >= 4 is 11.9 Å². The molecule has 0 saturated heterocycles. The van der Waals surface area contributed by atoms with Crippen LogP contribution in [0.2, 0.25) is 0 Å². The lowest BCUT2D eigenvalue weighted by Crippen LogP contribution is -2.39. The maximum Gasteiger partial charge on any atom is 0.310 e. The van der Waals surface area contributed by atoms with Crippen LogP contribution in [0.15, 0.2) is 60.7 Å². The molecule has 2 aromatic rings. The zero-order chi connectivity index (χ0) is 17.6. The summed E-state index contributed by atoms with van der Waals surface area (Å²) in [6, 6.07) is 19.7. The number of hydrogen-bond acceptors (Lipinski definition) is 2. The zero-order valence-electron chi connectivity index (χ0n) is 14.0. The predicted molar refractivity (Wildman–Crippen MR) is 93.8 cm³/mol. The molecule has 4 heteroatoms.